The van der Waals surface area contributed by atoms with Crippen molar-refractivity contribution >= 4 is 11.9 Å². The molecular weight excluding hydrogens is 262 g/mol. The lowest BCUT2D eigenvalue weighted by atomic mass is 10.2. The summed E-state index contributed by atoms with van der Waals surface area (Å²) in [6.45, 7) is 1.27. The summed E-state index contributed by atoms with van der Waals surface area (Å²) in [5.41, 5.74) is 0.406. The summed E-state index contributed by atoms with van der Waals surface area (Å²) < 4.78 is 5.51. The smallest absolute Gasteiger partial charge is 0.305 e. The first-order valence-electron chi connectivity index (χ1n) is 6.56. The zero-order valence-electron chi connectivity index (χ0n) is 11.1. The predicted molar refractivity (Wildman–Crippen MR) is 69.2 cm³/mol. The Balaban J connectivity index is 2.03. The summed E-state index contributed by atoms with van der Waals surface area (Å²) in [6.07, 6.45) is 4.59. The van der Waals surface area contributed by atoms with E-state index in [1.807, 2.05) is 0 Å². The van der Waals surface area contributed by atoms with Gasteiger partial charge in [-0.3, -0.25) is 9.59 Å². The van der Waals surface area contributed by atoms with Gasteiger partial charge < -0.3 is 14.7 Å². The van der Waals surface area contributed by atoms with Gasteiger partial charge in [0.25, 0.3) is 5.91 Å². The zero-order valence-corrected chi connectivity index (χ0v) is 11.1. The Kier molecular flexibility index (Phi) is 5.00. The molecule has 1 aromatic heterocycles. The third-order valence-corrected chi connectivity index (χ3v) is 3.16. The molecule has 0 bridgehead atoms. The van der Waals surface area contributed by atoms with Gasteiger partial charge >= 0.3 is 5.97 Å². The lowest BCUT2D eigenvalue weighted by molar-refractivity contribution is -0.137. The maximum Gasteiger partial charge on any atom is 0.305 e. The maximum absolute atomic E-state index is 12.4. The highest BCUT2D eigenvalue weighted by Gasteiger charge is 2.24. The van der Waals surface area contributed by atoms with Crippen LogP contribution in [0, 0.1) is 0 Å². The molecule has 1 N–H and O–H groups in total. The summed E-state index contributed by atoms with van der Waals surface area (Å²) >= 11 is 0. The highest BCUT2D eigenvalue weighted by Crippen LogP contribution is 2.15. The van der Waals surface area contributed by atoms with Crippen LogP contribution < -0.4 is 0 Å². The molecule has 1 aliphatic rings. The van der Waals surface area contributed by atoms with Crippen molar-refractivity contribution in [3.63, 3.8) is 0 Å². The molecule has 7 nitrogen and oxygen atoms in total. The van der Waals surface area contributed by atoms with E-state index in [0.29, 0.717) is 18.7 Å². The Morgan fingerprint density at radius 2 is 2.30 bits per heavy atom. The second-order valence-corrected chi connectivity index (χ2v) is 4.66. The van der Waals surface area contributed by atoms with Crippen LogP contribution in [0.25, 0.3) is 0 Å². The van der Waals surface area contributed by atoms with Crippen LogP contribution in [0.2, 0.25) is 0 Å². The molecule has 2 rings (SSSR count). The molecule has 0 spiro atoms. The number of amides is 1. The van der Waals surface area contributed by atoms with Crippen LogP contribution in [-0.2, 0) is 9.53 Å². The van der Waals surface area contributed by atoms with E-state index in [4.69, 9.17) is 9.84 Å². The Morgan fingerprint density at radius 3 is 2.90 bits per heavy atom. The average Bonchev–Trinajstić information content (AvgIpc) is 2.96. The molecule has 1 saturated heterocycles. The van der Waals surface area contributed by atoms with E-state index in [1.165, 1.54) is 17.3 Å². The quantitative estimate of drug-likeness (QED) is 0.818. The minimum atomic E-state index is -0.928. The number of ether oxygens (including phenoxy) is 1. The van der Waals surface area contributed by atoms with Crippen molar-refractivity contribution in [2.75, 3.05) is 19.7 Å². The minimum Gasteiger partial charge on any atom is -0.481 e. The number of carboxylic acids is 1. The fourth-order valence-corrected chi connectivity index (χ4v) is 2.14. The van der Waals surface area contributed by atoms with Crippen LogP contribution in [0.15, 0.2) is 18.5 Å². The molecule has 0 saturated carbocycles. The summed E-state index contributed by atoms with van der Waals surface area (Å²) in [7, 11) is 0. The van der Waals surface area contributed by atoms with Gasteiger partial charge in [-0.2, -0.15) is 10.2 Å². The number of nitrogens with zero attached hydrogens (tertiary/aromatic N) is 3. The summed E-state index contributed by atoms with van der Waals surface area (Å²) in [5, 5.41) is 16.1. The summed E-state index contributed by atoms with van der Waals surface area (Å²) in [6, 6.07) is 1.57. The molecule has 2 heterocycles. The van der Waals surface area contributed by atoms with Crippen LogP contribution in [0.4, 0.5) is 0 Å². The normalized spacial score (nSPS) is 17.9. The van der Waals surface area contributed by atoms with Crippen molar-refractivity contribution in [3.05, 3.63) is 24.0 Å². The Morgan fingerprint density at radius 1 is 1.45 bits per heavy atom. The van der Waals surface area contributed by atoms with Crippen molar-refractivity contribution in [3.8, 4) is 0 Å². The molecule has 1 amide bonds. The second kappa shape index (κ2) is 6.95. The van der Waals surface area contributed by atoms with Gasteiger partial charge in [-0.05, 0) is 18.9 Å². The number of carbonyl (C=O) groups excluding carboxylic acids is 1. The van der Waals surface area contributed by atoms with Gasteiger partial charge in [0, 0.05) is 19.7 Å². The largest absolute Gasteiger partial charge is 0.481 e. The van der Waals surface area contributed by atoms with Gasteiger partial charge in [0.2, 0.25) is 0 Å². The van der Waals surface area contributed by atoms with Crippen LogP contribution in [-0.4, -0.2) is 57.9 Å². The molecule has 1 aliphatic heterocycles. The Labute approximate surface area is 116 Å². The molecule has 108 valence electrons. The van der Waals surface area contributed by atoms with E-state index in [2.05, 4.69) is 10.2 Å². The van der Waals surface area contributed by atoms with Crippen LogP contribution in [0.1, 0.15) is 29.6 Å². The van der Waals surface area contributed by atoms with E-state index >= 15 is 0 Å². The number of carboxylic acid groups (broad SMARTS) is 1. The molecule has 7 heteroatoms. The van der Waals surface area contributed by atoms with E-state index in [-0.39, 0.29) is 25.0 Å². The van der Waals surface area contributed by atoms with E-state index in [0.717, 1.165) is 12.8 Å². The fraction of sp³-hybridized carbons (Fsp3) is 0.538. The molecule has 1 fully saturated rings. The number of rotatable bonds is 6. The first-order valence-corrected chi connectivity index (χ1v) is 6.56. The minimum absolute atomic E-state index is 0.0115. The first-order chi connectivity index (χ1) is 9.66. The van der Waals surface area contributed by atoms with Crippen molar-refractivity contribution in [2.45, 2.75) is 25.4 Å². The third-order valence-electron chi connectivity index (χ3n) is 3.16. The van der Waals surface area contributed by atoms with Crippen molar-refractivity contribution < 1.29 is 19.4 Å². The van der Waals surface area contributed by atoms with Crippen molar-refractivity contribution in [1.29, 1.82) is 0 Å². The molecule has 0 radical (unpaired) electrons. The lowest BCUT2D eigenvalue weighted by Crippen LogP contribution is -2.38. The molecule has 0 aromatic carbocycles. The Bertz CT molecular complexity index is 460. The monoisotopic (exact) mass is 279 g/mol. The number of carbonyl (C=O) groups is 2. The van der Waals surface area contributed by atoms with E-state index in [1.54, 1.807) is 6.07 Å². The number of hydrogen-bond acceptors (Lipinski definition) is 5. The molecule has 1 unspecified atom stereocenters. The molecule has 20 heavy (non-hydrogen) atoms. The summed E-state index contributed by atoms with van der Waals surface area (Å²) in [4.78, 5) is 24.6. The Hall–Kier alpha value is -2.02. The van der Waals surface area contributed by atoms with Gasteiger partial charge in [-0.25, -0.2) is 0 Å². The molecular formula is C13H17N3O4. The number of hydrogen-bond donors (Lipinski definition) is 1. The third kappa shape index (κ3) is 3.99. The van der Waals surface area contributed by atoms with Gasteiger partial charge in [0.1, 0.15) is 0 Å². The standard InChI is InChI=1S/C13H17N3O4/c17-12(18)4-6-16(9-11-2-1-7-20-11)13(19)10-3-5-14-15-8-10/h3,5,8,11H,1-2,4,6-7,9H2,(H,17,18). The highest BCUT2D eigenvalue weighted by atomic mass is 16.5. The van der Waals surface area contributed by atoms with Crippen LogP contribution in [0.5, 0.6) is 0 Å². The lowest BCUT2D eigenvalue weighted by Gasteiger charge is -2.24. The second-order valence-electron chi connectivity index (χ2n) is 4.66. The molecule has 1 atom stereocenters. The summed E-state index contributed by atoms with van der Waals surface area (Å²) in [5.74, 6) is -1.17. The van der Waals surface area contributed by atoms with Crippen LogP contribution in [0.3, 0.4) is 0 Å². The SMILES string of the molecule is O=C(O)CCN(CC1CCCO1)C(=O)c1ccnnc1. The molecule has 1 aromatic rings. The zero-order chi connectivity index (χ0) is 14.4. The van der Waals surface area contributed by atoms with Gasteiger partial charge in [0.05, 0.1) is 30.5 Å². The van der Waals surface area contributed by atoms with Gasteiger partial charge in [-0.15, -0.1) is 0 Å². The molecule has 0 aliphatic carbocycles. The highest BCUT2D eigenvalue weighted by molar-refractivity contribution is 5.94. The maximum atomic E-state index is 12.4. The predicted octanol–water partition coefficient (Wildman–Crippen LogP) is 0.572. The first kappa shape index (κ1) is 14.4. The van der Waals surface area contributed by atoms with Crippen LogP contribution >= 0.6 is 0 Å². The van der Waals surface area contributed by atoms with Gasteiger partial charge in [-0.1, -0.05) is 0 Å². The van der Waals surface area contributed by atoms with E-state index < -0.39 is 5.97 Å². The van der Waals surface area contributed by atoms with E-state index in [9.17, 15) is 9.59 Å². The topological polar surface area (TPSA) is 92.6 Å². The number of aliphatic carboxylic acids is 1. The average molecular weight is 279 g/mol. The van der Waals surface area contributed by atoms with Crippen molar-refractivity contribution in [1.82, 2.24) is 15.1 Å². The van der Waals surface area contributed by atoms with Gasteiger partial charge in [0.15, 0.2) is 0 Å². The fourth-order valence-electron chi connectivity index (χ4n) is 2.14. The van der Waals surface area contributed by atoms with Crippen molar-refractivity contribution in [2.24, 2.45) is 0 Å². The number of aromatic nitrogens is 2.